The van der Waals surface area contributed by atoms with Crippen LogP contribution in [-0.4, -0.2) is 66.9 Å². The van der Waals surface area contributed by atoms with E-state index in [1.54, 1.807) is 0 Å². The van der Waals surface area contributed by atoms with Crippen LogP contribution in [-0.2, 0) is 4.74 Å². The highest BCUT2D eigenvalue weighted by atomic mass is 16.5. The first-order chi connectivity index (χ1) is 10.7. The topological polar surface area (TPSA) is 35.9 Å². The Labute approximate surface area is 134 Å². The van der Waals surface area contributed by atoms with Crippen molar-refractivity contribution in [2.24, 2.45) is 0 Å². The molecule has 2 unspecified atom stereocenters. The number of morpholine rings is 1. The molecule has 1 N–H and O–H groups in total. The Kier molecular flexibility index (Phi) is 7.33. The normalized spacial score (nSPS) is 21.2. The molecule has 2 rings (SSSR count). The van der Waals surface area contributed by atoms with E-state index in [2.05, 4.69) is 23.6 Å². The minimum absolute atomic E-state index is 0.305. The molecule has 2 atom stereocenters. The molecule has 1 saturated heterocycles. The summed E-state index contributed by atoms with van der Waals surface area (Å²) in [4.78, 5) is 4.92. The maximum atomic E-state index is 10.5. The predicted molar refractivity (Wildman–Crippen MR) is 90.0 cm³/mol. The van der Waals surface area contributed by atoms with Gasteiger partial charge in [-0.2, -0.15) is 0 Å². The van der Waals surface area contributed by atoms with Gasteiger partial charge in [-0.15, -0.1) is 0 Å². The minimum atomic E-state index is -0.413. The number of rotatable bonds is 8. The van der Waals surface area contributed by atoms with Gasteiger partial charge in [0.05, 0.1) is 19.3 Å². The van der Waals surface area contributed by atoms with E-state index >= 15 is 0 Å². The van der Waals surface area contributed by atoms with Gasteiger partial charge in [-0.05, 0) is 25.1 Å². The Morgan fingerprint density at radius 2 is 2.00 bits per heavy atom. The van der Waals surface area contributed by atoms with E-state index in [-0.39, 0.29) is 0 Å². The molecular formula is C18H30N2O2. The number of nitrogens with zero attached hydrogens (tertiary/aromatic N) is 2. The molecule has 0 aromatic heterocycles. The first-order valence-corrected chi connectivity index (χ1v) is 8.51. The van der Waals surface area contributed by atoms with Crippen LogP contribution in [0.2, 0.25) is 0 Å². The summed E-state index contributed by atoms with van der Waals surface area (Å²) in [5, 5.41) is 10.5. The van der Waals surface area contributed by atoms with Crippen molar-refractivity contribution >= 4 is 0 Å². The molecule has 0 aliphatic carbocycles. The van der Waals surface area contributed by atoms with Gasteiger partial charge in [-0.1, -0.05) is 44.2 Å². The van der Waals surface area contributed by atoms with Crippen LogP contribution < -0.4 is 0 Å². The summed E-state index contributed by atoms with van der Waals surface area (Å²) in [6.45, 7) is 11.2. The van der Waals surface area contributed by atoms with Crippen LogP contribution in [0.5, 0.6) is 0 Å². The number of likely N-dealkylation sites (N-methyl/N-ethyl adjacent to an activating group) is 1. The second-order valence-corrected chi connectivity index (χ2v) is 5.95. The molecule has 1 aliphatic heterocycles. The van der Waals surface area contributed by atoms with E-state index in [4.69, 9.17) is 4.74 Å². The smallest absolute Gasteiger partial charge is 0.0805 e. The fourth-order valence-electron chi connectivity index (χ4n) is 3.08. The number of benzene rings is 1. The van der Waals surface area contributed by atoms with Crippen LogP contribution in [0.1, 0.15) is 31.9 Å². The van der Waals surface area contributed by atoms with Gasteiger partial charge < -0.3 is 14.7 Å². The number of aliphatic hydroxyl groups is 1. The predicted octanol–water partition coefficient (Wildman–Crippen LogP) is 2.15. The molecule has 1 aromatic rings. The number of aliphatic hydroxyl groups excluding tert-OH is 1. The Bertz CT molecular complexity index is 409. The Balaban J connectivity index is 1.89. The monoisotopic (exact) mass is 306 g/mol. The second kappa shape index (κ2) is 9.26. The van der Waals surface area contributed by atoms with Gasteiger partial charge in [-0.3, -0.25) is 4.90 Å². The molecule has 1 fully saturated rings. The fraction of sp³-hybridized carbons (Fsp3) is 0.667. The maximum Gasteiger partial charge on any atom is 0.0805 e. The number of hydrogen-bond donors (Lipinski definition) is 1. The zero-order valence-corrected chi connectivity index (χ0v) is 13.9. The van der Waals surface area contributed by atoms with Gasteiger partial charge in [0.15, 0.2) is 0 Å². The highest BCUT2D eigenvalue weighted by Crippen LogP contribution is 2.22. The lowest BCUT2D eigenvalue weighted by Crippen LogP contribution is -2.48. The van der Waals surface area contributed by atoms with Gasteiger partial charge in [0, 0.05) is 25.7 Å². The van der Waals surface area contributed by atoms with Gasteiger partial charge in [0.2, 0.25) is 0 Å². The van der Waals surface area contributed by atoms with Gasteiger partial charge in [-0.25, -0.2) is 0 Å². The largest absolute Gasteiger partial charge is 0.388 e. The zero-order valence-electron chi connectivity index (χ0n) is 13.9. The van der Waals surface area contributed by atoms with Crippen LogP contribution >= 0.6 is 0 Å². The minimum Gasteiger partial charge on any atom is -0.388 e. The average Bonchev–Trinajstić information content (AvgIpc) is 2.58. The summed E-state index contributed by atoms with van der Waals surface area (Å²) in [5.74, 6) is 0. The lowest BCUT2D eigenvalue weighted by molar-refractivity contribution is -0.0287. The SMILES string of the molecule is CCN(CC)CCN1CCOCC1CC(O)c1ccccc1. The molecule has 1 aliphatic rings. The van der Waals surface area contributed by atoms with Crippen LogP contribution in [0.3, 0.4) is 0 Å². The number of hydrogen-bond acceptors (Lipinski definition) is 4. The van der Waals surface area contributed by atoms with Crippen molar-refractivity contribution in [3.63, 3.8) is 0 Å². The second-order valence-electron chi connectivity index (χ2n) is 5.95. The van der Waals surface area contributed by atoms with Crippen LogP contribution in [0, 0.1) is 0 Å². The third kappa shape index (κ3) is 5.06. The van der Waals surface area contributed by atoms with E-state index in [1.165, 1.54) is 0 Å². The molecule has 22 heavy (non-hydrogen) atoms. The Morgan fingerprint density at radius 1 is 1.27 bits per heavy atom. The van der Waals surface area contributed by atoms with Crippen molar-refractivity contribution in [1.29, 1.82) is 0 Å². The van der Waals surface area contributed by atoms with Crippen molar-refractivity contribution in [3.8, 4) is 0 Å². The van der Waals surface area contributed by atoms with E-state index < -0.39 is 6.10 Å². The lowest BCUT2D eigenvalue weighted by atomic mass is 10.0. The molecule has 4 heteroatoms. The summed E-state index contributed by atoms with van der Waals surface area (Å²) in [6, 6.07) is 10.2. The van der Waals surface area contributed by atoms with E-state index in [9.17, 15) is 5.11 Å². The molecule has 0 saturated carbocycles. The third-order valence-corrected chi connectivity index (χ3v) is 4.63. The van der Waals surface area contributed by atoms with Crippen LogP contribution in [0.4, 0.5) is 0 Å². The van der Waals surface area contributed by atoms with Gasteiger partial charge in [0.25, 0.3) is 0 Å². The first-order valence-electron chi connectivity index (χ1n) is 8.51. The molecule has 124 valence electrons. The molecule has 0 bridgehead atoms. The molecule has 4 nitrogen and oxygen atoms in total. The Hall–Kier alpha value is -0.940. The van der Waals surface area contributed by atoms with Crippen molar-refractivity contribution in [2.75, 3.05) is 45.9 Å². The molecule has 0 spiro atoms. The van der Waals surface area contributed by atoms with E-state index in [0.29, 0.717) is 6.04 Å². The van der Waals surface area contributed by atoms with Gasteiger partial charge in [0.1, 0.15) is 0 Å². The fourth-order valence-corrected chi connectivity index (χ4v) is 3.08. The average molecular weight is 306 g/mol. The summed E-state index contributed by atoms with van der Waals surface area (Å²) < 4.78 is 5.64. The molecule has 1 heterocycles. The molecular weight excluding hydrogens is 276 g/mol. The highest BCUT2D eigenvalue weighted by molar-refractivity contribution is 5.17. The van der Waals surface area contributed by atoms with Crippen molar-refractivity contribution in [3.05, 3.63) is 35.9 Å². The summed E-state index contributed by atoms with van der Waals surface area (Å²) >= 11 is 0. The summed E-state index contributed by atoms with van der Waals surface area (Å²) in [7, 11) is 0. The summed E-state index contributed by atoms with van der Waals surface area (Å²) in [5.41, 5.74) is 0.997. The zero-order chi connectivity index (χ0) is 15.8. The number of ether oxygens (including phenoxy) is 1. The molecule has 0 radical (unpaired) electrons. The molecule has 0 amide bonds. The highest BCUT2D eigenvalue weighted by Gasteiger charge is 2.25. The lowest BCUT2D eigenvalue weighted by Gasteiger charge is -2.37. The Morgan fingerprint density at radius 3 is 2.68 bits per heavy atom. The van der Waals surface area contributed by atoms with Gasteiger partial charge >= 0.3 is 0 Å². The van der Waals surface area contributed by atoms with Crippen LogP contribution in [0.25, 0.3) is 0 Å². The van der Waals surface area contributed by atoms with Crippen LogP contribution in [0.15, 0.2) is 30.3 Å². The third-order valence-electron chi connectivity index (χ3n) is 4.63. The van der Waals surface area contributed by atoms with E-state index in [0.717, 1.165) is 57.9 Å². The van der Waals surface area contributed by atoms with E-state index in [1.807, 2.05) is 30.3 Å². The first kappa shape index (κ1) is 17.4. The quantitative estimate of drug-likeness (QED) is 0.798. The standard InChI is InChI=1S/C18H30N2O2/c1-3-19(4-2)10-11-20-12-13-22-15-17(20)14-18(21)16-8-6-5-7-9-16/h5-9,17-18,21H,3-4,10-15H2,1-2H3. The maximum absolute atomic E-state index is 10.5. The molecule has 1 aromatic carbocycles. The summed E-state index contributed by atoms with van der Waals surface area (Å²) in [6.07, 6.45) is 0.325. The van der Waals surface area contributed by atoms with Crippen molar-refractivity contribution in [2.45, 2.75) is 32.4 Å². The van der Waals surface area contributed by atoms with Crippen molar-refractivity contribution in [1.82, 2.24) is 9.80 Å². The van der Waals surface area contributed by atoms with Crippen molar-refractivity contribution < 1.29 is 9.84 Å².